The van der Waals surface area contributed by atoms with Gasteiger partial charge in [-0.25, -0.2) is 0 Å². The molecule has 1 N–H and O–H groups in total. The van der Waals surface area contributed by atoms with E-state index in [4.69, 9.17) is 0 Å². The van der Waals surface area contributed by atoms with E-state index in [2.05, 4.69) is 32.9 Å². The first-order chi connectivity index (χ1) is 8.81. The van der Waals surface area contributed by atoms with E-state index in [1.54, 1.807) is 6.07 Å². The second kappa shape index (κ2) is 4.12. The van der Waals surface area contributed by atoms with Gasteiger partial charge in [0, 0.05) is 6.54 Å². The van der Waals surface area contributed by atoms with Crippen LogP contribution in [0.5, 0.6) is 5.75 Å². The van der Waals surface area contributed by atoms with Crippen LogP contribution in [0, 0.1) is 11.3 Å². The normalized spacial score (nSPS) is 33.1. The summed E-state index contributed by atoms with van der Waals surface area (Å²) in [6.45, 7) is 4.04. The van der Waals surface area contributed by atoms with Crippen LogP contribution in [-0.4, -0.2) is 19.5 Å². The van der Waals surface area contributed by atoms with Gasteiger partial charge in [0.1, 0.15) is 5.75 Å². The third-order valence-electron chi connectivity index (χ3n) is 4.26. The Hall–Kier alpha value is -0.750. The molecule has 1 aliphatic heterocycles. The van der Waals surface area contributed by atoms with Gasteiger partial charge in [-0.1, -0.05) is 13.0 Å². The molecule has 1 saturated heterocycles. The lowest BCUT2D eigenvalue weighted by Gasteiger charge is -2.14. The molecule has 1 saturated carbocycles. The molecule has 104 valence electrons. The van der Waals surface area contributed by atoms with Gasteiger partial charge in [0.05, 0.1) is 4.47 Å². The van der Waals surface area contributed by atoms with Gasteiger partial charge in [-0.15, -0.1) is 13.2 Å². The Labute approximate surface area is 117 Å². The quantitative estimate of drug-likeness (QED) is 0.890. The molecule has 6 heteroatoms. The lowest BCUT2D eigenvalue weighted by atomic mass is 10.0. The number of halogens is 4. The summed E-state index contributed by atoms with van der Waals surface area (Å²) in [6, 6.07) is 5.01. The minimum Gasteiger partial charge on any atom is -0.405 e. The molecule has 19 heavy (non-hydrogen) atoms. The molecule has 0 aromatic heterocycles. The first kappa shape index (κ1) is 13.2. The van der Waals surface area contributed by atoms with E-state index in [-0.39, 0.29) is 11.2 Å². The molecule has 0 spiro atoms. The van der Waals surface area contributed by atoms with Crippen molar-refractivity contribution in [1.29, 1.82) is 0 Å². The van der Waals surface area contributed by atoms with Crippen molar-refractivity contribution in [3.63, 3.8) is 0 Å². The molecule has 2 fully saturated rings. The minimum atomic E-state index is -4.66. The van der Waals surface area contributed by atoms with Gasteiger partial charge in [0.2, 0.25) is 0 Å². The Kier molecular flexibility index (Phi) is 2.87. The molecule has 1 heterocycles. The number of nitrogens with one attached hydrogen (secondary N) is 1. The van der Waals surface area contributed by atoms with Crippen molar-refractivity contribution in [2.24, 2.45) is 11.3 Å². The average molecular weight is 336 g/mol. The molecule has 0 amide bonds. The Morgan fingerprint density at radius 1 is 1.42 bits per heavy atom. The van der Waals surface area contributed by atoms with Gasteiger partial charge in [-0.05, 0) is 57.4 Å². The SMILES string of the molecule is CC12CNCC1C2c1ccc(Br)c(OC(F)(F)F)c1. The van der Waals surface area contributed by atoms with Crippen molar-refractivity contribution in [2.75, 3.05) is 13.1 Å². The lowest BCUT2D eigenvalue weighted by molar-refractivity contribution is -0.274. The van der Waals surface area contributed by atoms with E-state index in [1.165, 1.54) is 6.07 Å². The predicted octanol–water partition coefficient (Wildman–Crippen LogP) is 3.67. The van der Waals surface area contributed by atoms with Crippen LogP contribution in [0.3, 0.4) is 0 Å². The second-order valence-corrected chi connectivity index (χ2v) is 6.31. The summed E-state index contributed by atoms with van der Waals surface area (Å²) in [5, 5.41) is 3.31. The van der Waals surface area contributed by atoms with Crippen LogP contribution in [-0.2, 0) is 0 Å². The maximum absolute atomic E-state index is 12.3. The number of rotatable bonds is 2. The predicted molar refractivity (Wildman–Crippen MR) is 68.0 cm³/mol. The third-order valence-corrected chi connectivity index (χ3v) is 4.92. The fourth-order valence-electron chi connectivity index (χ4n) is 3.28. The van der Waals surface area contributed by atoms with Crippen LogP contribution < -0.4 is 10.1 Å². The highest BCUT2D eigenvalue weighted by molar-refractivity contribution is 9.10. The number of hydrogen-bond donors (Lipinski definition) is 1. The van der Waals surface area contributed by atoms with Crippen molar-refractivity contribution >= 4 is 15.9 Å². The smallest absolute Gasteiger partial charge is 0.405 e. The summed E-state index contributed by atoms with van der Waals surface area (Å²) in [6.07, 6.45) is -4.66. The standard InChI is InChI=1S/C13H13BrF3NO/c1-12-6-18-5-8(12)11(12)7-2-3-9(14)10(4-7)19-13(15,16)17/h2-4,8,11,18H,5-6H2,1H3. The van der Waals surface area contributed by atoms with E-state index >= 15 is 0 Å². The zero-order valence-corrected chi connectivity index (χ0v) is 11.8. The summed E-state index contributed by atoms with van der Waals surface area (Å²) in [7, 11) is 0. The minimum absolute atomic E-state index is 0.161. The largest absolute Gasteiger partial charge is 0.573 e. The molecule has 3 rings (SSSR count). The van der Waals surface area contributed by atoms with E-state index in [0.717, 1.165) is 18.7 Å². The van der Waals surface area contributed by atoms with Crippen molar-refractivity contribution < 1.29 is 17.9 Å². The van der Waals surface area contributed by atoms with Gasteiger partial charge in [-0.3, -0.25) is 0 Å². The molecule has 0 radical (unpaired) electrons. The molecule has 1 aliphatic carbocycles. The van der Waals surface area contributed by atoms with Crippen LogP contribution >= 0.6 is 15.9 Å². The summed E-state index contributed by atoms with van der Waals surface area (Å²) in [4.78, 5) is 0. The Bertz CT molecular complexity index is 519. The highest BCUT2D eigenvalue weighted by Crippen LogP contribution is 2.66. The number of alkyl halides is 3. The van der Waals surface area contributed by atoms with E-state index in [1.807, 2.05) is 6.07 Å². The summed E-state index contributed by atoms with van der Waals surface area (Å²) in [5.41, 5.74) is 1.11. The van der Waals surface area contributed by atoms with Gasteiger partial charge in [-0.2, -0.15) is 0 Å². The van der Waals surface area contributed by atoms with Crippen molar-refractivity contribution in [3.8, 4) is 5.75 Å². The van der Waals surface area contributed by atoms with Crippen LogP contribution in [0.4, 0.5) is 13.2 Å². The number of benzene rings is 1. The molecule has 1 aromatic rings. The fraction of sp³-hybridized carbons (Fsp3) is 0.538. The van der Waals surface area contributed by atoms with Crippen molar-refractivity contribution in [2.45, 2.75) is 19.2 Å². The first-order valence-electron chi connectivity index (χ1n) is 6.07. The molecule has 1 aromatic carbocycles. The zero-order valence-electron chi connectivity index (χ0n) is 10.2. The topological polar surface area (TPSA) is 21.3 Å². The van der Waals surface area contributed by atoms with Crippen LogP contribution in [0.2, 0.25) is 0 Å². The Morgan fingerprint density at radius 2 is 2.16 bits per heavy atom. The Balaban J connectivity index is 1.87. The Morgan fingerprint density at radius 3 is 2.74 bits per heavy atom. The number of hydrogen-bond acceptors (Lipinski definition) is 2. The molecule has 0 bridgehead atoms. The monoisotopic (exact) mass is 335 g/mol. The third kappa shape index (κ3) is 2.25. The van der Waals surface area contributed by atoms with E-state index in [9.17, 15) is 13.2 Å². The highest BCUT2D eigenvalue weighted by atomic mass is 79.9. The summed E-state index contributed by atoms with van der Waals surface area (Å²) in [5.74, 6) is 0.691. The summed E-state index contributed by atoms with van der Waals surface area (Å²) >= 11 is 3.09. The average Bonchev–Trinajstić information content (AvgIpc) is 2.67. The van der Waals surface area contributed by atoms with Crippen LogP contribution in [0.25, 0.3) is 0 Å². The maximum Gasteiger partial charge on any atom is 0.573 e. The number of piperidine rings is 1. The second-order valence-electron chi connectivity index (χ2n) is 5.46. The van der Waals surface area contributed by atoms with Crippen molar-refractivity contribution in [1.82, 2.24) is 5.32 Å². The molecule has 2 aliphatic rings. The van der Waals surface area contributed by atoms with E-state index < -0.39 is 6.36 Å². The highest BCUT2D eigenvalue weighted by Gasteiger charge is 2.63. The molecule has 2 nitrogen and oxygen atoms in total. The van der Waals surface area contributed by atoms with Crippen LogP contribution in [0.1, 0.15) is 18.4 Å². The van der Waals surface area contributed by atoms with Gasteiger partial charge < -0.3 is 10.1 Å². The molecular formula is C13H13BrF3NO. The fourth-order valence-corrected chi connectivity index (χ4v) is 3.61. The number of fused-ring (bicyclic) bond motifs is 1. The van der Waals surface area contributed by atoms with Crippen molar-refractivity contribution in [3.05, 3.63) is 28.2 Å². The van der Waals surface area contributed by atoms with E-state index in [0.29, 0.717) is 16.3 Å². The zero-order chi connectivity index (χ0) is 13.8. The molecule has 3 atom stereocenters. The maximum atomic E-state index is 12.3. The summed E-state index contributed by atoms with van der Waals surface area (Å²) < 4.78 is 41.3. The van der Waals surface area contributed by atoms with Gasteiger partial charge in [0.15, 0.2) is 0 Å². The molecule has 3 unspecified atom stereocenters. The van der Waals surface area contributed by atoms with Crippen LogP contribution in [0.15, 0.2) is 22.7 Å². The first-order valence-corrected chi connectivity index (χ1v) is 6.86. The van der Waals surface area contributed by atoms with Gasteiger partial charge in [0.25, 0.3) is 0 Å². The molecular weight excluding hydrogens is 323 g/mol. The lowest BCUT2D eigenvalue weighted by Crippen LogP contribution is -2.19. The number of ether oxygens (including phenoxy) is 1. The van der Waals surface area contributed by atoms with Gasteiger partial charge >= 0.3 is 6.36 Å².